The van der Waals surface area contributed by atoms with Crippen molar-refractivity contribution in [3.8, 4) is 5.75 Å². The molecule has 0 spiro atoms. The Morgan fingerprint density at radius 2 is 2.06 bits per heavy atom. The molecule has 0 bridgehead atoms. The third-order valence-corrected chi connectivity index (χ3v) is 3.15. The molecule has 2 atom stereocenters. The normalized spacial score (nSPS) is 22.8. The molecule has 0 heterocycles. The first-order chi connectivity index (χ1) is 8.69. The Hall–Kier alpha value is -1.58. The third kappa shape index (κ3) is 3.22. The van der Waals surface area contributed by atoms with Crippen molar-refractivity contribution < 1.29 is 18.7 Å². The van der Waals surface area contributed by atoms with Gasteiger partial charge in [-0.3, -0.25) is 0 Å². The minimum Gasteiger partial charge on any atom is -0.428 e. The van der Waals surface area contributed by atoms with Gasteiger partial charge < -0.3 is 9.47 Å². The monoisotopic (exact) mass is 252 g/mol. The zero-order valence-corrected chi connectivity index (χ0v) is 10.4. The Balaban J connectivity index is 1.86. The van der Waals surface area contributed by atoms with Crippen LogP contribution in [0.15, 0.2) is 24.3 Å². The van der Waals surface area contributed by atoms with E-state index in [9.17, 15) is 9.18 Å². The van der Waals surface area contributed by atoms with Crippen LogP contribution in [0, 0.1) is 0 Å². The number of ether oxygens (including phenoxy) is 2. The van der Waals surface area contributed by atoms with Gasteiger partial charge >= 0.3 is 6.16 Å². The van der Waals surface area contributed by atoms with Gasteiger partial charge in [-0.25, -0.2) is 9.18 Å². The van der Waals surface area contributed by atoms with E-state index in [1.807, 2.05) is 19.1 Å². The molecule has 3 nitrogen and oxygen atoms in total. The topological polar surface area (TPSA) is 35.5 Å². The van der Waals surface area contributed by atoms with Crippen molar-refractivity contribution in [3.05, 3.63) is 29.8 Å². The maximum absolute atomic E-state index is 13.3. The predicted octanol–water partition coefficient (Wildman–Crippen LogP) is 3.66. The van der Waals surface area contributed by atoms with Crippen LogP contribution >= 0.6 is 0 Å². The molecule has 1 aliphatic rings. The fourth-order valence-corrected chi connectivity index (χ4v) is 2.05. The highest BCUT2D eigenvalue weighted by atomic mass is 19.1. The summed E-state index contributed by atoms with van der Waals surface area (Å²) < 4.78 is 23.2. The highest BCUT2D eigenvalue weighted by Crippen LogP contribution is 2.25. The molecule has 2 rings (SSSR count). The van der Waals surface area contributed by atoms with E-state index in [4.69, 9.17) is 9.47 Å². The van der Waals surface area contributed by atoms with E-state index in [-0.39, 0.29) is 0 Å². The number of rotatable bonds is 3. The fourth-order valence-electron chi connectivity index (χ4n) is 2.05. The summed E-state index contributed by atoms with van der Waals surface area (Å²) in [6.07, 6.45) is 0.190. The van der Waals surface area contributed by atoms with Crippen molar-refractivity contribution in [1.29, 1.82) is 0 Å². The second-order valence-corrected chi connectivity index (χ2v) is 4.45. The SMILES string of the molecule is CCc1ccc(OC(=O)OC2CCCC2F)cc1. The highest BCUT2D eigenvalue weighted by molar-refractivity contribution is 5.64. The lowest BCUT2D eigenvalue weighted by Gasteiger charge is -2.13. The number of hydrogen-bond donors (Lipinski definition) is 0. The average molecular weight is 252 g/mol. The van der Waals surface area contributed by atoms with Gasteiger partial charge in [0, 0.05) is 0 Å². The molecule has 98 valence electrons. The van der Waals surface area contributed by atoms with Crippen molar-refractivity contribution in [2.45, 2.75) is 44.9 Å². The number of halogens is 1. The Morgan fingerprint density at radius 1 is 1.33 bits per heavy atom. The Morgan fingerprint density at radius 3 is 2.61 bits per heavy atom. The van der Waals surface area contributed by atoms with E-state index in [1.54, 1.807) is 12.1 Å². The summed E-state index contributed by atoms with van der Waals surface area (Å²) >= 11 is 0. The molecule has 0 radical (unpaired) electrons. The molecule has 18 heavy (non-hydrogen) atoms. The van der Waals surface area contributed by atoms with Crippen LogP contribution in [0.5, 0.6) is 5.75 Å². The minimum absolute atomic E-state index is 0.422. The lowest BCUT2D eigenvalue weighted by molar-refractivity contribution is 0.0310. The lowest BCUT2D eigenvalue weighted by atomic mass is 10.2. The van der Waals surface area contributed by atoms with Gasteiger partial charge in [-0.05, 0) is 43.4 Å². The molecule has 1 aromatic carbocycles. The van der Waals surface area contributed by atoms with Crippen molar-refractivity contribution >= 4 is 6.16 Å². The zero-order chi connectivity index (χ0) is 13.0. The average Bonchev–Trinajstić information content (AvgIpc) is 2.76. The van der Waals surface area contributed by atoms with Gasteiger partial charge in [-0.15, -0.1) is 0 Å². The first-order valence-electron chi connectivity index (χ1n) is 6.30. The van der Waals surface area contributed by atoms with Crippen LogP contribution in [0.3, 0.4) is 0 Å². The molecule has 2 unspecified atom stereocenters. The van der Waals surface area contributed by atoms with Crippen LogP contribution < -0.4 is 4.74 Å². The van der Waals surface area contributed by atoms with E-state index >= 15 is 0 Å². The van der Waals surface area contributed by atoms with E-state index in [1.165, 1.54) is 0 Å². The van der Waals surface area contributed by atoms with Crippen LogP contribution in [0.25, 0.3) is 0 Å². The van der Waals surface area contributed by atoms with Crippen LogP contribution in [0.4, 0.5) is 9.18 Å². The summed E-state index contributed by atoms with van der Waals surface area (Å²) in [7, 11) is 0. The molecular formula is C14H17FO3. The molecule has 1 aromatic rings. The summed E-state index contributed by atoms with van der Waals surface area (Å²) in [4.78, 5) is 11.5. The molecule has 1 fully saturated rings. The van der Waals surface area contributed by atoms with E-state index < -0.39 is 18.4 Å². The number of carbonyl (C=O) groups is 1. The smallest absolute Gasteiger partial charge is 0.428 e. The van der Waals surface area contributed by atoms with Crippen molar-refractivity contribution in [3.63, 3.8) is 0 Å². The van der Waals surface area contributed by atoms with Gasteiger partial charge in [0.2, 0.25) is 0 Å². The molecule has 0 amide bonds. The van der Waals surface area contributed by atoms with Gasteiger partial charge in [-0.1, -0.05) is 19.1 Å². The van der Waals surface area contributed by atoms with Gasteiger partial charge in [0.15, 0.2) is 0 Å². The van der Waals surface area contributed by atoms with Crippen LogP contribution in [-0.2, 0) is 11.2 Å². The number of carbonyl (C=O) groups excluding carboxylic acids is 1. The number of aryl methyl sites for hydroxylation is 1. The van der Waals surface area contributed by atoms with Crippen molar-refractivity contribution in [2.75, 3.05) is 0 Å². The largest absolute Gasteiger partial charge is 0.514 e. The standard InChI is InChI=1S/C14H17FO3/c1-2-10-6-8-11(9-7-10)17-14(16)18-13-5-3-4-12(13)15/h6-9,12-13H,2-5H2,1H3. The van der Waals surface area contributed by atoms with Gasteiger partial charge in [0.25, 0.3) is 0 Å². The molecule has 1 aliphatic carbocycles. The lowest BCUT2D eigenvalue weighted by Crippen LogP contribution is -2.25. The van der Waals surface area contributed by atoms with E-state index in [0.29, 0.717) is 18.6 Å². The zero-order valence-electron chi connectivity index (χ0n) is 10.4. The molecule has 4 heteroatoms. The molecule has 0 aromatic heterocycles. The second kappa shape index (κ2) is 5.85. The molecule has 0 saturated heterocycles. The maximum Gasteiger partial charge on any atom is 0.514 e. The van der Waals surface area contributed by atoms with Crippen LogP contribution in [-0.4, -0.2) is 18.4 Å². The minimum atomic E-state index is -1.06. The second-order valence-electron chi connectivity index (χ2n) is 4.45. The van der Waals surface area contributed by atoms with Crippen LogP contribution in [0.2, 0.25) is 0 Å². The maximum atomic E-state index is 13.3. The van der Waals surface area contributed by atoms with Crippen LogP contribution in [0.1, 0.15) is 31.7 Å². The molecule has 0 N–H and O–H groups in total. The Labute approximate surface area is 106 Å². The van der Waals surface area contributed by atoms with Crippen molar-refractivity contribution in [1.82, 2.24) is 0 Å². The van der Waals surface area contributed by atoms with E-state index in [2.05, 4.69) is 0 Å². The third-order valence-electron chi connectivity index (χ3n) is 3.15. The predicted molar refractivity (Wildman–Crippen MR) is 65.5 cm³/mol. The number of hydrogen-bond acceptors (Lipinski definition) is 3. The van der Waals surface area contributed by atoms with Gasteiger partial charge in [0.05, 0.1) is 0 Å². The summed E-state index contributed by atoms with van der Waals surface area (Å²) in [5, 5.41) is 0. The Kier molecular flexibility index (Phi) is 4.18. The van der Waals surface area contributed by atoms with Gasteiger partial charge in [-0.2, -0.15) is 0 Å². The summed E-state index contributed by atoms with van der Waals surface area (Å²) in [6.45, 7) is 2.05. The fraction of sp³-hybridized carbons (Fsp3) is 0.500. The molecule has 0 aliphatic heterocycles. The summed E-state index contributed by atoms with van der Waals surface area (Å²) in [5.74, 6) is 0.422. The Bertz CT molecular complexity index is 402. The summed E-state index contributed by atoms with van der Waals surface area (Å²) in [5.41, 5.74) is 1.16. The number of alkyl halides is 1. The molecule has 1 saturated carbocycles. The van der Waals surface area contributed by atoms with Gasteiger partial charge in [0.1, 0.15) is 18.0 Å². The first kappa shape index (κ1) is 12.9. The van der Waals surface area contributed by atoms with E-state index in [0.717, 1.165) is 18.4 Å². The molecular weight excluding hydrogens is 235 g/mol. The summed E-state index contributed by atoms with van der Waals surface area (Å²) in [6, 6.07) is 7.19. The van der Waals surface area contributed by atoms with Crippen molar-refractivity contribution in [2.24, 2.45) is 0 Å². The first-order valence-corrected chi connectivity index (χ1v) is 6.30. The highest BCUT2D eigenvalue weighted by Gasteiger charge is 2.30. The quantitative estimate of drug-likeness (QED) is 0.608. The number of benzene rings is 1.